The number of pyridine rings is 1. The smallest absolute Gasteiger partial charge is 0.220 e. The minimum Gasteiger partial charge on any atom is -0.371 e. The lowest BCUT2D eigenvalue weighted by molar-refractivity contribution is -0.121. The number of para-hydroxylation sites is 1. The van der Waals surface area contributed by atoms with Crippen LogP contribution < -0.4 is 10.2 Å². The molecule has 1 saturated heterocycles. The summed E-state index contributed by atoms with van der Waals surface area (Å²) < 4.78 is 0. The van der Waals surface area contributed by atoms with Crippen molar-refractivity contribution in [3.05, 3.63) is 36.0 Å². The van der Waals surface area contributed by atoms with Crippen molar-refractivity contribution in [3.8, 4) is 0 Å². The van der Waals surface area contributed by atoms with Gasteiger partial charge in [-0.2, -0.15) is 0 Å². The molecule has 0 saturated carbocycles. The number of carbonyl (C=O) groups is 1. The first-order chi connectivity index (χ1) is 11.7. The van der Waals surface area contributed by atoms with Gasteiger partial charge in [0.1, 0.15) is 0 Å². The Morgan fingerprint density at radius 1 is 1.29 bits per heavy atom. The summed E-state index contributed by atoms with van der Waals surface area (Å²) in [5.41, 5.74) is 3.58. The van der Waals surface area contributed by atoms with E-state index in [0.29, 0.717) is 12.3 Å². The number of amides is 1. The van der Waals surface area contributed by atoms with Gasteiger partial charge in [0.25, 0.3) is 0 Å². The second-order valence-corrected chi connectivity index (χ2v) is 6.71. The van der Waals surface area contributed by atoms with Crippen molar-refractivity contribution in [1.82, 2.24) is 10.3 Å². The Hall–Kier alpha value is -2.10. The number of hydrogen-bond donors (Lipinski definition) is 1. The van der Waals surface area contributed by atoms with E-state index in [4.69, 9.17) is 4.98 Å². The number of fused-ring (bicyclic) bond motifs is 1. The average Bonchev–Trinajstić information content (AvgIpc) is 2.62. The minimum absolute atomic E-state index is 0.160. The van der Waals surface area contributed by atoms with Gasteiger partial charge in [-0.25, -0.2) is 0 Å². The van der Waals surface area contributed by atoms with Gasteiger partial charge in [-0.1, -0.05) is 31.5 Å². The third-order valence-electron chi connectivity index (χ3n) is 4.96. The second-order valence-electron chi connectivity index (χ2n) is 6.71. The zero-order chi connectivity index (χ0) is 16.9. The minimum atomic E-state index is 0.160. The second kappa shape index (κ2) is 7.65. The summed E-state index contributed by atoms with van der Waals surface area (Å²) in [4.78, 5) is 18.9. The molecule has 2 heterocycles. The Morgan fingerprint density at radius 3 is 2.75 bits per heavy atom. The van der Waals surface area contributed by atoms with E-state index in [-0.39, 0.29) is 5.91 Å². The van der Waals surface area contributed by atoms with Crippen LogP contribution in [-0.2, 0) is 11.2 Å². The lowest BCUT2D eigenvalue weighted by Crippen LogP contribution is -2.35. The van der Waals surface area contributed by atoms with Crippen molar-refractivity contribution < 1.29 is 4.79 Å². The molecule has 0 unspecified atom stereocenters. The molecule has 1 aliphatic rings. The Labute approximate surface area is 144 Å². The molecule has 0 aliphatic carbocycles. The van der Waals surface area contributed by atoms with Crippen LogP contribution in [0.2, 0.25) is 0 Å². The van der Waals surface area contributed by atoms with Crippen molar-refractivity contribution in [2.24, 2.45) is 5.92 Å². The first-order valence-electron chi connectivity index (χ1n) is 9.05. The molecule has 1 N–H and O–H groups in total. The Balaban J connectivity index is 1.80. The normalized spacial score (nSPS) is 15.7. The molecule has 1 amide bonds. The molecule has 0 spiro atoms. The Morgan fingerprint density at radius 2 is 2.04 bits per heavy atom. The quantitative estimate of drug-likeness (QED) is 0.914. The standard InChI is InChI=1S/C20H27N3O/c1-3-6-16-14-19(17-7-4-5-8-18(17)22-16)23-11-9-15(10-12-23)13-20(24)21-2/h4-5,7-8,14-15H,3,6,9-13H2,1-2H3,(H,21,24). The summed E-state index contributed by atoms with van der Waals surface area (Å²) in [6.45, 7) is 4.23. The number of nitrogens with one attached hydrogen (secondary N) is 1. The SMILES string of the molecule is CCCc1cc(N2CCC(CC(=O)NC)CC2)c2ccccc2n1. The maximum Gasteiger partial charge on any atom is 0.220 e. The summed E-state index contributed by atoms with van der Waals surface area (Å²) in [6, 6.07) is 10.7. The van der Waals surface area contributed by atoms with Gasteiger partial charge >= 0.3 is 0 Å². The van der Waals surface area contributed by atoms with Crippen LogP contribution in [0.1, 0.15) is 38.3 Å². The number of rotatable bonds is 5. The number of nitrogens with zero attached hydrogens (tertiary/aromatic N) is 2. The summed E-state index contributed by atoms with van der Waals surface area (Å²) in [5, 5.41) is 3.98. The van der Waals surface area contributed by atoms with Gasteiger partial charge in [0.15, 0.2) is 0 Å². The highest BCUT2D eigenvalue weighted by atomic mass is 16.1. The fourth-order valence-corrected chi connectivity index (χ4v) is 3.60. The highest BCUT2D eigenvalue weighted by molar-refractivity contribution is 5.92. The van der Waals surface area contributed by atoms with Gasteiger partial charge in [0.05, 0.1) is 5.52 Å². The number of hydrogen-bond acceptors (Lipinski definition) is 3. The first-order valence-corrected chi connectivity index (χ1v) is 9.05. The molecule has 1 aromatic carbocycles. The third-order valence-corrected chi connectivity index (χ3v) is 4.96. The van der Waals surface area contributed by atoms with Gasteiger partial charge < -0.3 is 10.2 Å². The van der Waals surface area contributed by atoms with Gasteiger partial charge in [0.2, 0.25) is 5.91 Å². The fourth-order valence-electron chi connectivity index (χ4n) is 3.60. The van der Waals surface area contributed by atoms with Crippen molar-refractivity contribution in [2.45, 2.75) is 39.0 Å². The van der Waals surface area contributed by atoms with Crippen molar-refractivity contribution in [2.75, 3.05) is 25.0 Å². The lowest BCUT2D eigenvalue weighted by Gasteiger charge is -2.34. The molecule has 128 valence electrons. The molecular formula is C20H27N3O. The van der Waals surface area contributed by atoms with E-state index in [1.165, 1.54) is 16.8 Å². The summed E-state index contributed by atoms with van der Waals surface area (Å²) in [6.07, 6.45) is 4.94. The fraction of sp³-hybridized carbons (Fsp3) is 0.500. The monoisotopic (exact) mass is 325 g/mol. The summed E-state index contributed by atoms with van der Waals surface area (Å²) in [7, 11) is 1.72. The van der Waals surface area contributed by atoms with E-state index in [2.05, 4.69) is 47.5 Å². The van der Waals surface area contributed by atoms with Crippen LogP contribution in [0.5, 0.6) is 0 Å². The molecule has 0 atom stereocenters. The molecule has 4 heteroatoms. The summed E-state index contributed by atoms with van der Waals surface area (Å²) in [5.74, 6) is 0.664. The van der Waals surface area contributed by atoms with Gasteiger partial charge in [0, 0.05) is 43.3 Å². The predicted molar refractivity (Wildman–Crippen MR) is 99.4 cm³/mol. The van der Waals surface area contributed by atoms with E-state index >= 15 is 0 Å². The molecule has 1 aliphatic heterocycles. The van der Waals surface area contributed by atoms with Crippen LogP contribution in [0.15, 0.2) is 30.3 Å². The lowest BCUT2D eigenvalue weighted by atomic mass is 9.92. The van der Waals surface area contributed by atoms with Crippen LogP contribution in [0.4, 0.5) is 5.69 Å². The van der Waals surface area contributed by atoms with Crippen LogP contribution in [0.25, 0.3) is 10.9 Å². The summed E-state index contributed by atoms with van der Waals surface area (Å²) >= 11 is 0. The molecular weight excluding hydrogens is 298 g/mol. The van der Waals surface area contributed by atoms with Crippen molar-refractivity contribution in [3.63, 3.8) is 0 Å². The molecule has 1 aromatic heterocycles. The van der Waals surface area contributed by atoms with E-state index in [1.807, 2.05) is 0 Å². The zero-order valence-corrected chi connectivity index (χ0v) is 14.7. The van der Waals surface area contributed by atoms with Gasteiger partial charge in [-0.05, 0) is 37.3 Å². The zero-order valence-electron chi connectivity index (χ0n) is 14.7. The number of carbonyl (C=O) groups excluding carboxylic acids is 1. The van der Waals surface area contributed by atoms with Gasteiger partial charge in [-0.3, -0.25) is 9.78 Å². The molecule has 24 heavy (non-hydrogen) atoms. The molecule has 1 fully saturated rings. The number of benzene rings is 1. The van der Waals surface area contributed by atoms with Crippen LogP contribution in [0, 0.1) is 5.92 Å². The number of piperidine rings is 1. The van der Waals surface area contributed by atoms with Crippen molar-refractivity contribution in [1.29, 1.82) is 0 Å². The molecule has 4 nitrogen and oxygen atoms in total. The van der Waals surface area contributed by atoms with Gasteiger partial charge in [-0.15, -0.1) is 0 Å². The Bertz CT molecular complexity index is 705. The molecule has 0 bridgehead atoms. The van der Waals surface area contributed by atoms with Crippen LogP contribution in [0.3, 0.4) is 0 Å². The average molecular weight is 325 g/mol. The van der Waals surface area contributed by atoms with E-state index in [9.17, 15) is 4.79 Å². The maximum atomic E-state index is 11.6. The van der Waals surface area contributed by atoms with E-state index in [0.717, 1.165) is 44.3 Å². The highest BCUT2D eigenvalue weighted by Gasteiger charge is 2.22. The molecule has 2 aromatic rings. The number of aryl methyl sites for hydroxylation is 1. The van der Waals surface area contributed by atoms with Crippen molar-refractivity contribution >= 4 is 22.5 Å². The van der Waals surface area contributed by atoms with Crippen LogP contribution in [-0.4, -0.2) is 31.0 Å². The van der Waals surface area contributed by atoms with E-state index < -0.39 is 0 Å². The third kappa shape index (κ3) is 3.69. The highest BCUT2D eigenvalue weighted by Crippen LogP contribution is 2.31. The number of anilines is 1. The largest absolute Gasteiger partial charge is 0.371 e. The first kappa shape index (κ1) is 16.7. The number of aromatic nitrogens is 1. The maximum absolute atomic E-state index is 11.6. The molecule has 0 radical (unpaired) electrons. The molecule has 3 rings (SSSR count). The topological polar surface area (TPSA) is 45.2 Å². The Kier molecular flexibility index (Phi) is 5.34. The van der Waals surface area contributed by atoms with E-state index in [1.54, 1.807) is 7.05 Å². The predicted octanol–water partition coefficient (Wildman–Crippen LogP) is 3.54. The van der Waals surface area contributed by atoms with Crippen LogP contribution >= 0.6 is 0 Å².